The average molecular weight is 250 g/mol. The highest BCUT2D eigenvalue weighted by atomic mass is 28.3. The van der Waals surface area contributed by atoms with Crippen LogP contribution in [0.2, 0.25) is 19.6 Å². The molecule has 92 valence electrons. The summed E-state index contributed by atoms with van der Waals surface area (Å²) in [5.41, 5.74) is 0. The summed E-state index contributed by atoms with van der Waals surface area (Å²) in [6, 6.07) is 3.63. The number of allylic oxidation sites excluding steroid dienone is 1. The Bertz CT molecular complexity index is 422. The quantitative estimate of drug-likeness (QED) is 0.458. The number of epoxide rings is 1. The maximum absolute atomic E-state index is 11.9. The van der Waals surface area contributed by atoms with Crippen LogP contribution in [0, 0.1) is 0 Å². The molecule has 2 rings (SSSR count). The van der Waals surface area contributed by atoms with Gasteiger partial charge in [0.15, 0.2) is 5.78 Å². The monoisotopic (exact) mass is 250 g/mol. The second kappa shape index (κ2) is 4.27. The summed E-state index contributed by atoms with van der Waals surface area (Å²) < 4.78 is 10.7. The first kappa shape index (κ1) is 12.3. The molecule has 3 nitrogen and oxygen atoms in total. The van der Waals surface area contributed by atoms with Crippen LogP contribution in [0.4, 0.5) is 0 Å². The van der Waals surface area contributed by atoms with Gasteiger partial charge < -0.3 is 9.15 Å². The third-order valence-electron chi connectivity index (χ3n) is 3.30. The second-order valence-corrected chi connectivity index (χ2v) is 10.9. The van der Waals surface area contributed by atoms with E-state index in [0.29, 0.717) is 12.2 Å². The topological polar surface area (TPSA) is 42.7 Å². The number of furan rings is 1. The predicted molar refractivity (Wildman–Crippen MR) is 69.4 cm³/mol. The highest BCUT2D eigenvalue weighted by Crippen LogP contribution is 2.40. The van der Waals surface area contributed by atoms with E-state index >= 15 is 0 Å². The van der Waals surface area contributed by atoms with E-state index in [1.54, 1.807) is 24.5 Å². The van der Waals surface area contributed by atoms with Crippen molar-refractivity contribution in [3.63, 3.8) is 0 Å². The van der Waals surface area contributed by atoms with Crippen molar-refractivity contribution in [2.75, 3.05) is 6.61 Å². The van der Waals surface area contributed by atoms with Crippen LogP contribution in [0.1, 0.15) is 12.2 Å². The lowest BCUT2D eigenvalue weighted by atomic mass is 10.2. The van der Waals surface area contributed by atoms with Crippen LogP contribution in [-0.4, -0.2) is 25.7 Å². The lowest BCUT2D eigenvalue weighted by Gasteiger charge is -2.24. The van der Waals surface area contributed by atoms with Crippen LogP contribution >= 0.6 is 0 Å². The molecule has 2 heterocycles. The van der Waals surface area contributed by atoms with Gasteiger partial charge in [-0.05, 0) is 24.3 Å². The van der Waals surface area contributed by atoms with Crippen LogP contribution in [0.5, 0.6) is 0 Å². The molecule has 4 heteroatoms. The van der Waals surface area contributed by atoms with Gasteiger partial charge in [0.05, 0.1) is 26.2 Å². The fourth-order valence-electron chi connectivity index (χ4n) is 1.79. The summed E-state index contributed by atoms with van der Waals surface area (Å²) in [6.07, 6.45) is 5.39. The standard InChI is InChI=1S/C13H18O3Si/c1-17(2,3)13(10-16-13)9-11(14)6-7-12-5-4-8-15-12/h4-8H,9-10H2,1-3H3/b7-6+. The molecule has 1 aromatic rings. The molecule has 0 amide bonds. The van der Waals surface area contributed by atoms with Gasteiger partial charge in [-0.2, -0.15) is 0 Å². The Labute approximate surface area is 102 Å². The molecular formula is C13H18O3Si. The van der Waals surface area contributed by atoms with Crippen molar-refractivity contribution in [1.82, 2.24) is 0 Å². The number of carbonyl (C=O) groups is 1. The molecule has 1 saturated heterocycles. The van der Waals surface area contributed by atoms with Gasteiger partial charge in [-0.1, -0.05) is 19.6 Å². The van der Waals surface area contributed by atoms with Crippen molar-refractivity contribution >= 4 is 19.9 Å². The molecule has 0 bridgehead atoms. The largest absolute Gasteiger partial charge is 0.465 e. The highest BCUT2D eigenvalue weighted by Gasteiger charge is 2.55. The number of hydrogen-bond acceptors (Lipinski definition) is 3. The van der Waals surface area contributed by atoms with Gasteiger partial charge in [-0.25, -0.2) is 0 Å². The maximum atomic E-state index is 11.9. The normalized spacial score (nSPS) is 24.2. The van der Waals surface area contributed by atoms with Crippen molar-refractivity contribution in [3.05, 3.63) is 30.2 Å². The van der Waals surface area contributed by atoms with Gasteiger partial charge in [-0.15, -0.1) is 0 Å². The molecule has 0 aromatic carbocycles. The van der Waals surface area contributed by atoms with Crippen molar-refractivity contribution in [2.24, 2.45) is 0 Å². The summed E-state index contributed by atoms with van der Waals surface area (Å²) in [7, 11) is -1.43. The fraction of sp³-hybridized carbons (Fsp3) is 0.462. The third kappa shape index (κ3) is 2.76. The third-order valence-corrected chi connectivity index (χ3v) is 6.50. The minimum absolute atomic E-state index is 0.112. The molecule has 17 heavy (non-hydrogen) atoms. The van der Waals surface area contributed by atoms with E-state index in [1.807, 2.05) is 6.07 Å². The smallest absolute Gasteiger partial charge is 0.158 e. The van der Waals surface area contributed by atoms with Crippen LogP contribution in [0.3, 0.4) is 0 Å². The SMILES string of the molecule is C[Si](C)(C)C1(CC(=O)/C=C/c2ccco2)CO1. The molecular weight excluding hydrogens is 232 g/mol. The Morgan fingerprint density at radius 1 is 1.53 bits per heavy atom. The number of ketones is 1. The molecule has 1 unspecified atom stereocenters. The van der Waals surface area contributed by atoms with Crippen molar-refractivity contribution in [2.45, 2.75) is 31.3 Å². The van der Waals surface area contributed by atoms with Gasteiger partial charge in [-0.3, -0.25) is 4.79 Å². The van der Waals surface area contributed by atoms with Gasteiger partial charge in [0.2, 0.25) is 0 Å². The molecule has 1 atom stereocenters. The summed E-state index contributed by atoms with van der Waals surface area (Å²) >= 11 is 0. The lowest BCUT2D eigenvalue weighted by Crippen LogP contribution is -2.43. The predicted octanol–water partition coefficient (Wildman–Crippen LogP) is 2.90. The van der Waals surface area contributed by atoms with Crippen molar-refractivity contribution < 1.29 is 13.9 Å². The van der Waals surface area contributed by atoms with Crippen molar-refractivity contribution in [3.8, 4) is 0 Å². The Morgan fingerprint density at radius 2 is 2.24 bits per heavy atom. The first-order chi connectivity index (χ1) is 7.93. The Hall–Kier alpha value is -1.13. The van der Waals surface area contributed by atoms with Gasteiger partial charge >= 0.3 is 0 Å². The Balaban J connectivity index is 1.95. The highest BCUT2D eigenvalue weighted by molar-refractivity contribution is 6.80. The van der Waals surface area contributed by atoms with E-state index in [2.05, 4.69) is 19.6 Å². The van der Waals surface area contributed by atoms with Crippen LogP contribution in [0.15, 0.2) is 28.9 Å². The summed E-state index contributed by atoms with van der Waals surface area (Å²) in [4.78, 5) is 11.9. The molecule has 0 radical (unpaired) electrons. The van der Waals surface area contributed by atoms with E-state index in [4.69, 9.17) is 9.15 Å². The number of hydrogen-bond donors (Lipinski definition) is 0. The minimum Gasteiger partial charge on any atom is -0.465 e. The molecule has 0 N–H and O–H groups in total. The van der Waals surface area contributed by atoms with Gasteiger partial charge in [0.25, 0.3) is 0 Å². The van der Waals surface area contributed by atoms with E-state index < -0.39 is 8.07 Å². The van der Waals surface area contributed by atoms with Gasteiger partial charge in [0, 0.05) is 6.42 Å². The zero-order chi connectivity index (χ0) is 12.5. The van der Waals surface area contributed by atoms with Gasteiger partial charge in [0.1, 0.15) is 5.76 Å². The molecule has 0 aliphatic carbocycles. The number of rotatable bonds is 5. The first-order valence-corrected chi connectivity index (χ1v) is 9.31. The number of ether oxygens (including phenoxy) is 1. The second-order valence-electron chi connectivity index (χ2n) is 5.52. The zero-order valence-corrected chi connectivity index (χ0v) is 11.5. The molecule has 1 fully saturated rings. The van der Waals surface area contributed by atoms with Crippen LogP contribution in [-0.2, 0) is 9.53 Å². The summed E-state index contributed by atoms with van der Waals surface area (Å²) in [5, 5.41) is -0.127. The molecule has 1 aromatic heterocycles. The Morgan fingerprint density at radius 3 is 2.71 bits per heavy atom. The van der Waals surface area contributed by atoms with E-state index in [9.17, 15) is 4.79 Å². The Kier molecular flexibility index (Phi) is 3.10. The fourth-order valence-corrected chi connectivity index (χ4v) is 3.43. The lowest BCUT2D eigenvalue weighted by molar-refractivity contribution is -0.115. The first-order valence-electron chi connectivity index (χ1n) is 5.81. The van der Waals surface area contributed by atoms with Crippen LogP contribution in [0.25, 0.3) is 6.08 Å². The van der Waals surface area contributed by atoms with Crippen LogP contribution < -0.4 is 0 Å². The molecule has 1 aliphatic heterocycles. The zero-order valence-electron chi connectivity index (χ0n) is 10.5. The maximum Gasteiger partial charge on any atom is 0.158 e. The summed E-state index contributed by atoms with van der Waals surface area (Å²) in [6.45, 7) is 7.46. The van der Waals surface area contributed by atoms with E-state index in [1.165, 1.54) is 0 Å². The van der Waals surface area contributed by atoms with Crippen molar-refractivity contribution in [1.29, 1.82) is 0 Å². The number of carbonyl (C=O) groups excluding carboxylic acids is 1. The average Bonchev–Trinajstić information content (AvgIpc) is 2.84. The molecule has 0 saturated carbocycles. The summed E-state index contributed by atoms with van der Waals surface area (Å²) in [5.74, 6) is 0.818. The molecule has 1 aliphatic rings. The minimum atomic E-state index is -1.43. The van der Waals surface area contributed by atoms with E-state index in [0.717, 1.165) is 6.61 Å². The molecule has 0 spiro atoms. The van der Waals surface area contributed by atoms with E-state index in [-0.39, 0.29) is 11.0 Å².